The molecule has 0 unspecified atom stereocenters. The second kappa shape index (κ2) is 6.78. The molecule has 0 bridgehead atoms. The summed E-state index contributed by atoms with van der Waals surface area (Å²) in [5.74, 6) is -0.209. The molecule has 1 heterocycles. The van der Waals surface area contributed by atoms with E-state index in [1.807, 2.05) is 39.8 Å². The summed E-state index contributed by atoms with van der Waals surface area (Å²) in [5.41, 5.74) is 0.269. The maximum absolute atomic E-state index is 15.0. The zero-order valence-corrected chi connectivity index (χ0v) is 15.3. The molecule has 1 saturated heterocycles. The smallest absolute Gasteiger partial charge is 0.399 e. The molecule has 1 aromatic rings. The van der Waals surface area contributed by atoms with Crippen molar-refractivity contribution in [2.24, 2.45) is 0 Å². The van der Waals surface area contributed by atoms with Gasteiger partial charge in [-0.05, 0) is 40.5 Å². The molecule has 1 saturated carbocycles. The van der Waals surface area contributed by atoms with E-state index in [0.29, 0.717) is 23.6 Å². The molecule has 1 aliphatic carbocycles. The normalized spacial score (nSPS) is 23.6. The summed E-state index contributed by atoms with van der Waals surface area (Å²) in [7, 11) is -0.648. The van der Waals surface area contributed by atoms with E-state index in [9.17, 15) is 4.39 Å². The van der Waals surface area contributed by atoms with Gasteiger partial charge in [0.25, 0.3) is 0 Å². The summed E-state index contributed by atoms with van der Waals surface area (Å²) in [5, 5.41) is 3.51. The molecule has 5 heteroatoms. The van der Waals surface area contributed by atoms with Gasteiger partial charge in [-0.25, -0.2) is 4.39 Å². The first kappa shape index (κ1) is 17.9. The molecule has 1 aliphatic heterocycles. The average Bonchev–Trinajstić information content (AvgIpc) is 2.75. The first-order valence-electron chi connectivity index (χ1n) is 9.16. The number of halogens is 1. The van der Waals surface area contributed by atoms with Gasteiger partial charge in [0, 0.05) is 23.6 Å². The van der Waals surface area contributed by atoms with Crippen LogP contribution in [-0.4, -0.2) is 24.4 Å². The molecule has 2 fully saturated rings. The van der Waals surface area contributed by atoms with Crippen LogP contribution in [0.25, 0.3) is 0 Å². The van der Waals surface area contributed by atoms with Crippen molar-refractivity contribution >= 4 is 12.6 Å². The number of hydrogen-bond acceptors (Lipinski definition) is 3. The fraction of sp³-hybridized carbons (Fsp3) is 0.684. The maximum atomic E-state index is 15.0. The molecular weight excluding hydrogens is 304 g/mol. The van der Waals surface area contributed by atoms with E-state index >= 15 is 0 Å². The Balaban J connectivity index is 1.72. The fourth-order valence-electron chi connectivity index (χ4n) is 3.45. The maximum Gasteiger partial charge on any atom is 0.497 e. The second-order valence-electron chi connectivity index (χ2n) is 8.12. The molecule has 0 radical (unpaired) electrons. The van der Waals surface area contributed by atoms with Gasteiger partial charge in [0.15, 0.2) is 0 Å². The Morgan fingerprint density at radius 2 is 1.71 bits per heavy atom. The highest BCUT2D eigenvalue weighted by Gasteiger charge is 2.52. The molecule has 1 aromatic carbocycles. The topological polar surface area (TPSA) is 30.5 Å². The van der Waals surface area contributed by atoms with Crippen LogP contribution in [0, 0.1) is 5.82 Å². The molecule has 3 nitrogen and oxygen atoms in total. The molecular formula is C19H29BFNO2. The standard InChI is InChI=1S/C19H29BFNO2/c1-18(2)19(3,4)24-20(23-18)16-12-8-9-14(17(16)21)13-22-15-10-6-5-7-11-15/h8-9,12,15,22H,5-7,10-11,13H2,1-4H3. The van der Waals surface area contributed by atoms with Crippen LogP contribution in [0.5, 0.6) is 0 Å². The minimum Gasteiger partial charge on any atom is -0.399 e. The van der Waals surface area contributed by atoms with Crippen molar-refractivity contribution in [3.63, 3.8) is 0 Å². The van der Waals surface area contributed by atoms with Gasteiger partial charge in [-0.3, -0.25) is 0 Å². The van der Waals surface area contributed by atoms with Gasteiger partial charge in [-0.15, -0.1) is 0 Å². The summed E-state index contributed by atoms with van der Waals surface area (Å²) in [6.45, 7) is 8.50. The largest absolute Gasteiger partial charge is 0.497 e. The molecule has 24 heavy (non-hydrogen) atoms. The van der Waals surface area contributed by atoms with Crippen molar-refractivity contribution in [2.75, 3.05) is 0 Å². The van der Waals surface area contributed by atoms with Crippen LogP contribution in [0.1, 0.15) is 65.4 Å². The van der Waals surface area contributed by atoms with Crippen molar-refractivity contribution in [3.8, 4) is 0 Å². The van der Waals surface area contributed by atoms with E-state index in [0.717, 1.165) is 0 Å². The Hall–Kier alpha value is -0.905. The van der Waals surface area contributed by atoms with Crippen molar-refractivity contribution in [1.29, 1.82) is 0 Å². The highest BCUT2D eigenvalue weighted by atomic mass is 19.1. The molecule has 3 rings (SSSR count). The summed E-state index contributed by atoms with van der Waals surface area (Å²) in [6.07, 6.45) is 6.25. The Morgan fingerprint density at radius 1 is 1.08 bits per heavy atom. The van der Waals surface area contributed by atoms with Gasteiger partial charge < -0.3 is 14.6 Å². The summed E-state index contributed by atoms with van der Waals surface area (Å²) in [6, 6.07) is 6.02. The lowest BCUT2D eigenvalue weighted by Crippen LogP contribution is -2.41. The highest BCUT2D eigenvalue weighted by Crippen LogP contribution is 2.36. The zero-order chi connectivity index (χ0) is 17.4. The monoisotopic (exact) mass is 333 g/mol. The van der Waals surface area contributed by atoms with Gasteiger partial charge in [0.05, 0.1) is 11.2 Å². The van der Waals surface area contributed by atoms with E-state index in [2.05, 4.69) is 5.32 Å². The fourth-order valence-corrected chi connectivity index (χ4v) is 3.45. The molecule has 0 amide bonds. The Morgan fingerprint density at radius 3 is 2.33 bits per heavy atom. The summed E-state index contributed by atoms with van der Waals surface area (Å²) >= 11 is 0. The third-order valence-corrected chi connectivity index (χ3v) is 5.80. The number of rotatable bonds is 4. The SMILES string of the molecule is CC1(C)OB(c2cccc(CNC3CCCCC3)c2F)OC1(C)C. The van der Waals surface area contributed by atoms with Gasteiger partial charge >= 0.3 is 7.12 Å². The van der Waals surface area contributed by atoms with Gasteiger partial charge in [0.2, 0.25) is 0 Å². The van der Waals surface area contributed by atoms with Crippen LogP contribution in [0.4, 0.5) is 4.39 Å². The number of nitrogens with one attached hydrogen (secondary N) is 1. The Bertz CT molecular complexity index is 569. The quantitative estimate of drug-likeness (QED) is 0.855. The molecule has 0 atom stereocenters. The van der Waals surface area contributed by atoms with E-state index in [1.54, 1.807) is 6.07 Å². The number of hydrogen-bond donors (Lipinski definition) is 1. The van der Waals surface area contributed by atoms with Gasteiger partial charge in [-0.1, -0.05) is 37.5 Å². The molecule has 132 valence electrons. The first-order chi connectivity index (χ1) is 11.3. The highest BCUT2D eigenvalue weighted by molar-refractivity contribution is 6.62. The summed E-state index contributed by atoms with van der Waals surface area (Å²) < 4.78 is 27.0. The van der Waals surface area contributed by atoms with Gasteiger partial charge in [0.1, 0.15) is 5.82 Å². The van der Waals surface area contributed by atoms with Crippen molar-refractivity contribution in [2.45, 2.75) is 83.6 Å². The van der Waals surface area contributed by atoms with Crippen LogP contribution in [0.2, 0.25) is 0 Å². The predicted molar refractivity (Wildman–Crippen MR) is 95.8 cm³/mol. The third kappa shape index (κ3) is 3.53. The van der Waals surface area contributed by atoms with Crippen LogP contribution in [0.3, 0.4) is 0 Å². The second-order valence-corrected chi connectivity index (χ2v) is 8.12. The lowest BCUT2D eigenvalue weighted by molar-refractivity contribution is 0.00578. The van der Waals surface area contributed by atoms with E-state index in [4.69, 9.17) is 9.31 Å². The predicted octanol–water partition coefficient (Wildman–Crippen LogP) is 3.55. The number of benzene rings is 1. The van der Waals surface area contributed by atoms with Crippen LogP contribution in [0.15, 0.2) is 18.2 Å². The molecule has 0 aromatic heterocycles. The lowest BCUT2D eigenvalue weighted by Gasteiger charge is -2.32. The van der Waals surface area contributed by atoms with E-state index in [1.165, 1.54) is 32.1 Å². The van der Waals surface area contributed by atoms with Crippen molar-refractivity contribution < 1.29 is 13.7 Å². The van der Waals surface area contributed by atoms with Crippen molar-refractivity contribution in [1.82, 2.24) is 5.32 Å². The summed E-state index contributed by atoms with van der Waals surface area (Å²) in [4.78, 5) is 0. The third-order valence-electron chi connectivity index (χ3n) is 5.80. The van der Waals surface area contributed by atoms with Crippen molar-refractivity contribution in [3.05, 3.63) is 29.6 Å². The Kier molecular flexibility index (Phi) is 5.05. The van der Waals surface area contributed by atoms with Crippen LogP contribution < -0.4 is 10.8 Å². The van der Waals surface area contributed by atoms with Crippen LogP contribution in [-0.2, 0) is 15.9 Å². The molecule has 0 spiro atoms. The van der Waals surface area contributed by atoms with Gasteiger partial charge in [-0.2, -0.15) is 0 Å². The van der Waals surface area contributed by atoms with E-state index < -0.39 is 18.3 Å². The minimum atomic E-state index is -0.648. The first-order valence-corrected chi connectivity index (χ1v) is 9.16. The molecule has 2 aliphatic rings. The van der Waals surface area contributed by atoms with Crippen LogP contribution >= 0.6 is 0 Å². The average molecular weight is 333 g/mol. The molecule has 1 N–H and O–H groups in total. The minimum absolute atomic E-state index is 0.209. The lowest BCUT2D eigenvalue weighted by atomic mass is 9.78. The Labute approximate surface area is 145 Å². The zero-order valence-electron chi connectivity index (χ0n) is 15.3. The van der Waals surface area contributed by atoms with E-state index in [-0.39, 0.29) is 5.82 Å².